The van der Waals surface area contributed by atoms with Crippen molar-refractivity contribution in [2.45, 2.75) is 51.6 Å². The van der Waals surface area contributed by atoms with Crippen molar-refractivity contribution in [2.75, 3.05) is 55.8 Å². The SMILES string of the molecule is CN(CCO)CC[C@@H](CSc1ccccc1)Nc1ccc(S(=O)(=O)NC(=O)c2ccc(N3CCC([C@H](O)c4ccccc4-c4ccc(Cl)cc4)CC3)cc2)cc1S(=O)(=O)C(F)(F)F. The summed E-state index contributed by atoms with van der Waals surface area (Å²) in [5.41, 5.74) is -2.84. The lowest BCUT2D eigenvalue weighted by molar-refractivity contribution is -0.0435. The van der Waals surface area contributed by atoms with Crippen LogP contribution in [0.25, 0.3) is 11.1 Å². The first-order chi connectivity index (χ1) is 30.0. The number of carbonyl (C=O) groups is 1. The Morgan fingerprint density at radius 1 is 0.889 bits per heavy atom. The van der Waals surface area contributed by atoms with Crippen molar-refractivity contribution in [1.29, 1.82) is 0 Å². The number of rotatable bonds is 18. The maximum atomic E-state index is 14.1. The van der Waals surface area contributed by atoms with E-state index in [0.717, 1.165) is 39.4 Å². The molecule has 0 saturated carbocycles. The fraction of sp³-hybridized carbons (Fsp3) is 0.311. The second-order valence-corrected chi connectivity index (χ2v) is 20.4. The number of hydrogen-bond donors (Lipinski definition) is 4. The Labute approximate surface area is 375 Å². The number of benzene rings is 5. The van der Waals surface area contributed by atoms with E-state index in [1.165, 1.54) is 23.9 Å². The largest absolute Gasteiger partial charge is 0.501 e. The predicted molar refractivity (Wildman–Crippen MR) is 241 cm³/mol. The molecule has 0 spiro atoms. The van der Waals surface area contributed by atoms with Crippen LogP contribution in [0.15, 0.2) is 136 Å². The van der Waals surface area contributed by atoms with Crippen LogP contribution in [0.3, 0.4) is 0 Å². The molecule has 0 unspecified atom stereocenters. The number of sulfone groups is 1. The molecule has 1 aliphatic rings. The molecule has 0 aromatic heterocycles. The second-order valence-electron chi connectivity index (χ2n) is 15.2. The van der Waals surface area contributed by atoms with Gasteiger partial charge in [0.2, 0.25) is 0 Å². The zero-order valence-electron chi connectivity index (χ0n) is 34.2. The molecule has 5 aromatic carbocycles. The Morgan fingerprint density at radius 3 is 2.19 bits per heavy atom. The summed E-state index contributed by atoms with van der Waals surface area (Å²) in [6.45, 7) is 1.83. The molecule has 18 heteroatoms. The van der Waals surface area contributed by atoms with Crippen LogP contribution in [0.5, 0.6) is 0 Å². The van der Waals surface area contributed by atoms with Crippen molar-refractivity contribution >= 4 is 60.5 Å². The quantitative estimate of drug-likeness (QED) is 0.0628. The number of piperidine rings is 1. The van der Waals surface area contributed by atoms with Gasteiger partial charge < -0.3 is 25.3 Å². The molecule has 4 N–H and O–H groups in total. The van der Waals surface area contributed by atoms with E-state index in [0.29, 0.717) is 62.3 Å². The van der Waals surface area contributed by atoms with E-state index < -0.39 is 58.9 Å². The van der Waals surface area contributed by atoms with E-state index >= 15 is 0 Å². The van der Waals surface area contributed by atoms with Crippen molar-refractivity contribution in [3.63, 3.8) is 0 Å². The van der Waals surface area contributed by atoms with Gasteiger partial charge in [0, 0.05) is 52.6 Å². The number of aliphatic hydroxyl groups excluding tert-OH is 2. The number of nitrogens with one attached hydrogen (secondary N) is 2. The standard InChI is InChI=1S/C45H48ClF3N4O7S3/c1-52(27-28-54)24-23-35(30-61-37-7-3-2-4-8-37)50-41-20-19-38(29-42(41)62(57,58)45(47,48)49)63(59,60)51-44(56)33-13-17-36(18-14-33)53-25-21-32(22-26-53)43(55)40-10-6-5-9-39(40)31-11-15-34(46)16-12-31/h2-20,29,32,35,43,50,54-55H,21-28,30H2,1H3,(H,51,56)/t35-,43-/m0/s1. The number of thioether (sulfide) groups is 1. The summed E-state index contributed by atoms with van der Waals surface area (Å²) in [5, 5.41) is 24.3. The van der Waals surface area contributed by atoms with Gasteiger partial charge in [-0.1, -0.05) is 66.2 Å². The van der Waals surface area contributed by atoms with E-state index in [-0.39, 0.29) is 18.1 Å². The van der Waals surface area contributed by atoms with Gasteiger partial charge in [-0.2, -0.15) is 13.2 Å². The third-order valence-corrected chi connectivity index (χ3v) is 15.2. The normalized spacial score (nSPS) is 15.0. The molecule has 0 aliphatic carbocycles. The van der Waals surface area contributed by atoms with Gasteiger partial charge in [-0.25, -0.2) is 21.6 Å². The number of amides is 1. The fourth-order valence-corrected chi connectivity index (χ4v) is 10.5. The molecule has 1 saturated heterocycles. The number of anilines is 2. The highest BCUT2D eigenvalue weighted by molar-refractivity contribution is 7.99. The molecule has 1 fully saturated rings. The summed E-state index contributed by atoms with van der Waals surface area (Å²) >= 11 is 7.48. The van der Waals surface area contributed by atoms with Crippen molar-refractivity contribution in [3.05, 3.63) is 137 Å². The summed E-state index contributed by atoms with van der Waals surface area (Å²) in [4.78, 5) is 15.9. The van der Waals surface area contributed by atoms with Crippen molar-refractivity contribution in [2.24, 2.45) is 5.92 Å². The number of likely N-dealkylation sites (N-methyl/N-ethyl adjacent to an activating group) is 1. The average molecular weight is 946 g/mol. The number of sulfonamides is 1. The molecule has 0 bridgehead atoms. The monoisotopic (exact) mass is 944 g/mol. The first-order valence-corrected chi connectivity index (χ1v) is 24.4. The highest BCUT2D eigenvalue weighted by Crippen LogP contribution is 2.39. The predicted octanol–water partition coefficient (Wildman–Crippen LogP) is 8.26. The van der Waals surface area contributed by atoms with Gasteiger partial charge in [0.1, 0.15) is 4.90 Å². The summed E-state index contributed by atoms with van der Waals surface area (Å²) in [6.07, 6.45) is 0.970. The molecule has 0 radical (unpaired) electrons. The fourth-order valence-electron chi connectivity index (χ4n) is 7.36. The Bertz CT molecular complexity index is 2550. The van der Waals surface area contributed by atoms with Crippen LogP contribution in [0.2, 0.25) is 5.02 Å². The molecule has 6 rings (SSSR count). The molecule has 11 nitrogen and oxygen atoms in total. The van der Waals surface area contributed by atoms with Crippen LogP contribution in [-0.4, -0.2) is 95.0 Å². The lowest BCUT2D eigenvalue weighted by Gasteiger charge is -2.36. The third kappa shape index (κ3) is 12.1. The molecular formula is C45H48ClF3N4O7S3. The van der Waals surface area contributed by atoms with Gasteiger partial charge in [-0.15, -0.1) is 11.8 Å². The van der Waals surface area contributed by atoms with Crippen LogP contribution in [-0.2, 0) is 19.9 Å². The van der Waals surface area contributed by atoms with E-state index in [4.69, 9.17) is 11.6 Å². The van der Waals surface area contributed by atoms with Gasteiger partial charge in [0.05, 0.1) is 23.3 Å². The summed E-state index contributed by atoms with van der Waals surface area (Å²) in [6, 6.07) is 32.2. The Balaban J connectivity index is 1.14. The van der Waals surface area contributed by atoms with Crippen LogP contribution in [0.1, 0.15) is 41.3 Å². The zero-order valence-corrected chi connectivity index (χ0v) is 37.4. The van der Waals surface area contributed by atoms with Crippen molar-refractivity contribution in [3.8, 4) is 11.1 Å². The minimum atomic E-state index is -6.09. The van der Waals surface area contributed by atoms with Gasteiger partial charge >= 0.3 is 5.51 Å². The Hall–Kier alpha value is -4.62. The Kier molecular flexibility index (Phi) is 15.9. The molecule has 1 heterocycles. The van der Waals surface area contributed by atoms with E-state index in [2.05, 4.69) is 10.2 Å². The minimum Gasteiger partial charge on any atom is -0.395 e. The molecule has 1 amide bonds. The highest BCUT2D eigenvalue weighted by atomic mass is 35.5. The first-order valence-electron chi connectivity index (χ1n) is 20.1. The second kappa shape index (κ2) is 20.9. The van der Waals surface area contributed by atoms with Gasteiger partial charge in [-0.3, -0.25) is 4.79 Å². The van der Waals surface area contributed by atoms with Crippen molar-refractivity contribution in [1.82, 2.24) is 9.62 Å². The number of hydrogen-bond acceptors (Lipinski definition) is 11. The summed E-state index contributed by atoms with van der Waals surface area (Å²) < 4.78 is 97.1. The lowest BCUT2D eigenvalue weighted by atomic mass is 9.84. The van der Waals surface area contributed by atoms with Gasteiger partial charge in [-0.05, 0) is 122 Å². The van der Waals surface area contributed by atoms with Gasteiger partial charge in [0.15, 0.2) is 0 Å². The molecule has 5 aromatic rings. The number of halogens is 4. The van der Waals surface area contributed by atoms with Crippen LogP contribution in [0, 0.1) is 5.92 Å². The molecule has 2 atom stereocenters. The summed E-state index contributed by atoms with van der Waals surface area (Å²) in [5.74, 6) is -0.791. The number of carbonyl (C=O) groups excluding carboxylic acids is 1. The lowest BCUT2D eigenvalue weighted by Crippen LogP contribution is -2.36. The minimum absolute atomic E-state index is 0.0223. The van der Waals surface area contributed by atoms with E-state index in [1.807, 2.05) is 88.5 Å². The first kappa shape index (κ1) is 47.8. The molecule has 1 aliphatic heterocycles. The molecule has 336 valence electrons. The topological polar surface area (TPSA) is 156 Å². The van der Waals surface area contributed by atoms with Crippen LogP contribution >= 0.6 is 23.4 Å². The van der Waals surface area contributed by atoms with E-state index in [9.17, 15) is 45.0 Å². The zero-order chi connectivity index (χ0) is 45.4. The van der Waals surface area contributed by atoms with Gasteiger partial charge in [0.25, 0.3) is 25.8 Å². The maximum Gasteiger partial charge on any atom is 0.501 e. The van der Waals surface area contributed by atoms with E-state index in [1.54, 1.807) is 19.2 Å². The van der Waals surface area contributed by atoms with Crippen LogP contribution < -0.4 is 14.9 Å². The summed E-state index contributed by atoms with van der Waals surface area (Å²) in [7, 11) is -9.22. The maximum absolute atomic E-state index is 14.1. The number of nitrogens with zero attached hydrogens (tertiary/aromatic N) is 2. The number of aliphatic hydroxyl groups is 2. The Morgan fingerprint density at radius 2 is 1.54 bits per heavy atom. The third-order valence-electron chi connectivity index (χ3n) is 10.9. The highest BCUT2D eigenvalue weighted by Gasteiger charge is 2.48. The molecule has 63 heavy (non-hydrogen) atoms. The van der Waals surface area contributed by atoms with Crippen molar-refractivity contribution < 1.29 is 45.0 Å². The average Bonchev–Trinajstić information content (AvgIpc) is 3.27. The smallest absolute Gasteiger partial charge is 0.395 e. The van der Waals surface area contributed by atoms with Crippen LogP contribution in [0.4, 0.5) is 24.5 Å². The molecular weight excluding hydrogens is 897 g/mol. The number of alkyl halides is 3.